The SMILES string of the molecule is CC(C)(COCOCC[Si](C)(C)C)COCc1ccccc1. The first-order chi connectivity index (χ1) is 10.3. The molecule has 0 aliphatic rings. The molecule has 22 heavy (non-hydrogen) atoms. The van der Waals surface area contributed by atoms with E-state index in [4.69, 9.17) is 14.2 Å². The topological polar surface area (TPSA) is 27.7 Å². The molecule has 126 valence electrons. The van der Waals surface area contributed by atoms with Crippen LogP contribution in [0.4, 0.5) is 0 Å². The minimum atomic E-state index is -1.00. The molecular weight excluding hydrogens is 292 g/mol. The summed E-state index contributed by atoms with van der Waals surface area (Å²) in [7, 11) is -1.00. The van der Waals surface area contributed by atoms with Crippen LogP contribution in [0.2, 0.25) is 25.7 Å². The van der Waals surface area contributed by atoms with Gasteiger partial charge in [0.2, 0.25) is 0 Å². The van der Waals surface area contributed by atoms with Crippen LogP contribution in [0, 0.1) is 5.41 Å². The minimum Gasteiger partial charge on any atom is -0.376 e. The van der Waals surface area contributed by atoms with Crippen molar-refractivity contribution in [3.05, 3.63) is 35.9 Å². The van der Waals surface area contributed by atoms with Gasteiger partial charge in [0.1, 0.15) is 6.79 Å². The third-order valence-corrected chi connectivity index (χ3v) is 4.96. The lowest BCUT2D eigenvalue weighted by atomic mass is 9.96. The smallest absolute Gasteiger partial charge is 0.146 e. The maximum absolute atomic E-state index is 5.79. The van der Waals surface area contributed by atoms with E-state index in [0.717, 1.165) is 6.61 Å². The molecule has 0 spiro atoms. The summed E-state index contributed by atoms with van der Waals surface area (Å²) in [6.07, 6.45) is 0. The molecule has 0 unspecified atom stereocenters. The number of rotatable bonds is 11. The molecule has 3 nitrogen and oxygen atoms in total. The van der Waals surface area contributed by atoms with Crippen LogP contribution in [-0.4, -0.2) is 34.7 Å². The highest BCUT2D eigenvalue weighted by Gasteiger charge is 2.19. The van der Waals surface area contributed by atoms with Crippen LogP contribution in [0.3, 0.4) is 0 Å². The lowest BCUT2D eigenvalue weighted by Crippen LogP contribution is -2.26. The molecule has 0 heterocycles. The Kier molecular flexibility index (Phi) is 8.32. The van der Waals surface area contributed by atoms with E-state index in [9.17, 15) is 0 Å². The Bertz CT molecular complexity index is 399. The van der Waals surface area contributed by atoms with E-state index in [2.05, 4.69) is 45.6 Å². The normalized spacial score (nSPS) is 12.6. The molecule has 0 fully saturated rings. The van der Waals surface area contributed by atoms with Crippen LogP contribution in [0.15, 0.2) is 30.3 Å². The molecule has 0 bridgehead atoms. The Hall–Kier alpha value is -0.683. The van der Waals surface area contributed by atoms with Gasteiger partial charge in [0.15, 0.2) is 0 Å². The van der Waals surface area contributed by atoms with E-state index in [1.165, 1.54) is 11.6 Å². The number of benzene rings is 1. The molecule has 0 saturated carbocycles. The second kappa shape index (κ2) is 9.45. The fraction of sp³-hybridized carbons (Fsp3) is 0.667. The Balaban J connectivity index is 2.08. The van der Waals surface area contributed by atoms with E-state index in [0.29, 0.717) is 26.6 Å². The molecule has 1 aromatic carbocycles. The zero-order valence-corrected chi connectivity index (χ0v) is 15.9. The van der Waals surface area contributed by atoms with Gasteiger partial charge in [-0.15, -0.1) is 0 Å². The molecule has 0 aromatic heterocycles. The summed E-state index contributed by atoms with van der Waals surface area (Å²) in [5.74, 6) is 0. The van der Waals surface area contributed by atoms with Crippen molar-refractivity contribution >= 4 is 8.07 Å². The fourth-order valence-electron chi connectivity index (χ4n) is 1.88. The molecule has 0 atom stereocenters. The number of hydrogen-bond donors (Lipinski definition) is 0. The first-order valence-corrected chi connectivity index (χ1v) is 11.8. The van der Waals surface area contributed by atoms with Gasteiger partial charge in [-0.2, -0.15) is 0 Å². The van der Waals surface area contributed by atoms with Crippen LogP contribution in [0.25, 0.3) is 0 Å². The molecule has 0 aliphatic carbocycles. The monoisotopic (exact) mass is 324 g/mol. The van der Waals surface area contributed by atoms with E-state index < -0.39 is 8.07 Å². The van der Waals surface area contributed by atoms with Crippen molar-refractivity contribution in [1.29, 1.82) is 0 Å². The highest BCUT2D eigenvalue weighted by atomic mass is 28.3. The Morgan fingerprint density at radius 1 is 0.909 bits per heavy atom. The van der Waals surface area contributed by atoms with Crippen molar-refractivity contribution in [3.63, 3.8) is 0 Å². The summed E-state index contributed by atoms with van der Waals surface area (Å²) < 4.78 is 17.0. The fourth-order valence-corrected chi connectivity index (χ4v) is 2.63. The van der Waals surface area contributed by atoms with Gasteiger partial charge in [-0.1, -0.05) is 63.8 Å². The van der Waals surface area contributed by atoms with Crippen LogP contribution < -0.4 is 0 Å². The third kappa shape index (κ3) is 10.1. The first kappa shape index (κ1) is 19.4. The van der Waals surface area contributed by atoms with E-state index >= 15 is 0 Å². The Morgan fingerprint density at radius 2 is 1.55 bits per heavy atom. The summed E-state index contributed by atoms with van der Waals surface area (Å²) in [5.41, 5.74) is 1.20. The van der Waals surface area contributed by atoms with Gasteiger partial charge in [0.05, 0.1) is 19.8 Å². The maximum Gasteiger partial charge on any atom is 0.146 e. The molecule has 0 N–H and O–H groups in total. The van der Waals surface area contributed by atoms with Crippen molar-refractivity contribution in [2.75, 3.05) is 26.6 Å². The van der Waals surface area contributed by atoms with Gasteiger partial charge < -0.3 is 14.2 Å². The van der Waals surface area contributed by atoms with E-state index in [-0.39, 0.29) is 5.41 Å². The van der Waals surface area contributed by atoms with E-state index in [1.807, 2.05) is 18.2 Å². The molecule has 1 rings (SSSR count). The summed E-state index contributed by atoms with van der Waals surface area (Å²) in [6, 6.07) is 11.4. The molecule has 4 heteroatoms. The highest BCUT2D eigenvalue weighted by molar-refractivity contribution is 6.76. The Morgan fingerprint density at radius 3 is 2.18 bits per heavy atom. The van der Waals surface area contributed by atoms with Crippen molar-refractivity contribution in [1.82, 2.24) is 0 Å². The maximum atomic E-state index is 5.79. The first-order valence-electron chi connectivity index (χ1n) is 8.06. The summed E-state index contributed by atoms with van der Waals surface area (Å²) in [6.45, 7) is 14.5. The van der Waals surface area contributed by atoms with Gasteiger partial charge in [-0.3, -0.25) is 0 Å². The van der Waals surface area contributed by atoms with Gasteiger partial charge in [0, 0.05) is 20.1 Å². The van der Waals surface area contributed by atoms with Gasteiger partial charge >= 0.3 is 0 Å². The number of ether oxygens (including phenoxy) is 3. The second-order valence-electron chi connectivity index (χ2n) is 7.83. The predicted molar refractivity (Wildman–Crippen MR) is 94.8 cm³/mol. The highest BCUT2D eigenvalue weighted by Crippen LogP contribution is 2.17. The third-order valence-electron chi connectivity index (χ3n) is 3.26. The zero-order valence-electron chi connectivity index (χ0n) is 14.9. The molecule has 0 saturated heterocycles. The lowest BCUT2D eigenvalue weighted by Gasteiger charge is -2.24. The molecule has 1 aromatic rings. The predicted octanol–water partition coefficient (Wildman–Crippen LogP) is 4.56. The molecule has 0 aliphatic heterocycles. The Labute approximate surface area is 137 Å². The van der Waals surface area contributed by atoms with Gasteiger partial charge in [-0.25, -0.2) is 0 Å². The standard InChI is InChI=1S/C18H32O3Si/c1-18(2,14-20-13-17-9-7-6-8-10-17)15-21-16-19-11-12-22(3,4)5/h6-10H,11-16H2,1-5H3. The van der Waals surface area contributed by atoms with Gasteiger partial charge in [0.25, 0.3) is 0 Å². The quantitative estimate of drug-likeness (QED) is 0.339. The largest absolute Gasteiger partial charge is 0.376 e. The number of hydrogen-bond acceptors (Lipinski definition) is 3. The summed E-state index contributed by atoms with van der Waals surface area (Å²) >= 11 is 0. The molecule has 0 radical (unpaired) electrons. The van der Waals surface area contributed by atoms with Gasteiger partial charge in [-0.05, 0) is 11.6 Å². The van der Waals surface area contributed by atoms with Crippen molar-refractivity contribution < 1.29 is 14.2 Å². The van der Waals surface area contributed by atoms with Crippen LogP contribution in [0.1, 0.15) is 19.4 Å². The average Bonchev–Trinajstić information content (AvgIpc) is 2.42. The minimum absolute atomic E-state index is 0.00306. The zero-order chi connectivity index (χ0) is 16.5. The van der Waals surface area contributed by atoms with Crippen LogP contribution in [-0.2, 0) is 20.8 Å². The van der Waals surface area contributed by atoms with Crippen molar-refractivity contribution in [2.45, 2.75) is 46.1 Å². The second-order valence-corrected chi connectivity index (χ2v) is 13.4. The molecular formula is C18H32O3Si. The summed E-state index contributed by atoms with van der Waals surface area (Å²) in [5, 5.41) is 0. The summed E-state index contributed by atoms with van der Waals surface area (Å²) in [4.78, 5) is 0. The average molecular weight is 325 g/mol. The van der Waals surface area contributed by atoms with Crippen LogP contribution >= 0.6 is 0 Å². The molecule has 0 amide bonds. The van der Waals surface area contributed by atoms with Crippen molar-refractivity contribution in [2.24, 2.45) is 5.41 Å². The van der Waals surface area contributed by atoms with E-state index in [1.54, 1.807) is 0 Å². The lowest BCUT2D eigenvalue weighted by molar-refractivity contribution is -0.0881. The van der Waals surface area contributed by atoms with Crippen LogP contribution in [0.5, 0.6) is 0 Å². The van der Waals surface area contributed by atoms with Crippen molar-refractivity contribution in [3.8, 4) is 0 Å².